The molecule has 0 aliphatic carbocycles. The Balaban J connectivity index is 1.63. The van der Waals surface area contributed by atoms with Crippen LogP contribution in [0.3, 0.4) is 0 Å². The minimum absolute atomic E-state index is 0.116. The van der Waals surface area contributed by atoms with Gasteiger partial charge in [0.25, 0.3) is 0 Å². The highest BCUT2D eigenvalue weighted by atomic mass is 32.2. The fourth-order valence-electron chi connectivity index (χ4n) is 4.43. The maximum absolute atomic E-state index is 14.5. The molecule has 0 spiro atoms. The third-order valence-corrected chi connectivity index (χ3v) is 6.82. The molecule has 0 amide bonds. The average molecular weight is 536 g/mol. The van der Waals surface area contributed by atoms with E-state index in [0.717, 1.165) is 53.4 Å². The van der Waals surface area contributed by atoms with E-state index in [9.17, 15) is 17.6 Å². The number of benzene rings is 2. The van der Waals surface area contributed by atoms with Crippen molar-refractivity contribution >= 4 is 34.2 Å². The van der Waals surface area contributed by atoms with E-state index in [1.807, 2.05) is 13.1 Å². The predicted molar refractivity (Wildman–Crippen MR) is 140 cm³/mol. The van der Waals surface area contributed by atoms with Crippen LogP contribution >= 0.6 is 11.9 Å². The monoisotopic (exact) mass is 535 g/mol. The van der Waals surface area contributed by atoms with Gasteiger partial charge < -0.3 is 24.8 Å². The molecule has 3 aromatic rings. The molecule has 0 atom stereocenters. The smallest absolute Gasteiger partial charge is 0.406 e. The van der Waals surface area contributed by atoms with Gasteiger partial charge in [0.05, 0.1) is 30.6 Å². The van der Waals surface area contributed by atoms with Gasteiger partial charge in [0, 0.05) is 22.0 Å². The summed E-state index contributed by atoms with van der Waals surface area (Å²) in [6.07, 6.45) is -2.76. The fourth-order valence-corrected chi connectivity index (χ4v) is 4.76. The van der Waals surface area contributed by atoms with Gasteiger partial charge in [-0.15, -0.1) is 0 Å². The van der Waals surface area contributed by atoms with Gasteiger partial charge in [-0.3, -0.25) is 5.14 Å². The summed E-state index contributed by atoms with van der Waals surface area (Å²) in [4.78, 5) is 3.03. The summed E-state index contributed by atoms with van der Waals surface area (Å²) in [5.74, 6) is 5.70. The molecule has 2 aromatic carbocycles. The van der Waals surface area contributed by atoms with Gasteiger partial charge in [0.2, 0.25) is 0 Å². The maximum atomic E-state index is 14.5. The number of piperidine rings is 1. The Labute approximate surface area is 217 Å². The molecule has 4 rings (SSSR count). The average Bonchev–Trinajstić information content (AvgIpc) is 3.19. The number of likely N-dealkylation sites (tertiary alicyclic amines) is 1. The quantitative estimate of drug-likeness (QED) is 0.217. The summed E-state index contributed by atoms with van der Waals surface area (Å²) in [5.41, 5.74) is 1.47. The van der Waals surface area contributed by atoms with Crippen LogP contribution in [0, 0.1) is 17.7 Å². The van der Waals surface area contributed by atoms with E-state index in [1.54, 1.807) is 18.2 Å². The molecule has 1 aliphatic heterocycles. The van der Waals surface area contributed by atoms with Crippen LogP contribution in [-0.4, -0.2) is 55.5 Å². The van der Waals surface area contributed by atoms with Gasteiger partial charge in [0.1, 0.15) is 18.1 Å². The van der Waals surface area contributed by atoms with Crippen LogP contribution in [0.5, 0.6) is 5.75 Å². The molecule has 1 aliphatic rings. The van der Waals surface area contributed by atoms with E-state index in [4.69, 9.17) is 9.88 Å². The molecule has 0 radical (unpaired) electrons. The van der Waals surface area contributed by atoms with Gasteiger partial charge in [-0.25, -0.2) is 4.39 Å². The lowest BCUT2D eigenvalue weighted by atomic mass is 10.0. The number of hydrogen-bond acceptors (Lipinski definition) is 6. The molecule has 1 aromatic heterocycles. The molecule has 1 saturated heterocycles. The summed E-state index contributed by atoms with van der Waals surface area (Å²) in [6.45, 7) is 0.687. The predicted octanol–water partition coefficient (Wildman–Crippen LogP) is 5.29. The van der Waals surface area contributed by atoms with Crippen LogP contribution < -0.4 is 20.5 Å². The van der Waals surface area contributed by atoms with Crippen LogP contribution in [0.4, 0.5) is 28.9 Å². The largest absolute Gasteiger partial charge is 0.495 e. The van der Waals surface area contributed by atoms with E-state index in [1.165, 1.54) is 13.2 Å². The van der Waals surface area contributed by atoms with Crippen LogP contribution in [0.1, 0.15) is 18.5 Å². The van der Waals surface area contributed by atoms with Crippen molar-refractivity contribution in [3.05, 3.63) is 47.9 Å². The number of methoxy groups -OCH3 is 1. The van der Waals surface area contributed by atoms with E-state index in [-0.39, 0.29) is 23.8 Å². The van der Waals surface area contributed by atoms with Gasteiger partial charge >= 0.3 is 6.18 Å². The molecule has 198 valence electrons. The lowest BCUT2D eigenvalue weighted by Crippen LogP contribution is -2.36. The van der Waals surface area contributed by atoms with Crippen molar-refractivity contribution < 1.29 is 22.3 Å². The Morgan fingerprint density at radius 3 is 2.57 bits per heavy atom. The molecule has 0 unspecified atom stereocenters. The SMILES string of the molecule is COc1cc(SN)ccc1NCC#Cc1cc2c(NC3CCN(C)CC3)cc(F)cc2n1CC(F)(F)F. The van der Waals surface area contributed by atoms with Crippen LogP contribution in [0.15, 0.2) is 41.3 Å². The number of fused-ring (bicyclic) bond motifs is 1. The van der Waals surface area contributed by atoms with Crippen molar-refractivity contribution in [3.8, 4) is 17.6 Å². The number of halogens is 4. The third-order valence-electron chi connectivity index (χ3n) is 6.29. The summed E-state index contributed by atoms with van der Waals surface area (Å²) < 4.78 is 61.3. The minimum atomic E-state index is -4.50. The van der Waals surface area contributed by atoms with Crippen LogP contribution in [-0.2, 0) is 6.54 Å². The van der Waals surface area contributed by atoms with Crippen molar-refractivity contribution in [2.75, 3.05) is 44.4 Å². The maximum Gasteiger partial charge on any atom is 0.406 e. The first-order valence-electron chi connectivity index (χ1n) is 11.8. The zero-order valence-electron chi connectivity index (χ0n) is 20.6. The van der Waals surface area contributed by atoms with Gasteiger partial charge in [-0.05, 0) is 87.2 Å². The number of nitrogens with one attached hydrogen (secondary N) is 2. The number of rotatable bonds is 7. The van der Waals surface area contributed by atoms with Crippen molar-refractivity contribution in [1.29, 1.82) is 0 Å². The first-order valence-corrected chi connectivity index (χ1v) is 12.7. The standard InChI is InChI=1S/C26H29F4N5OS/c1-34-10-7-18(8-11-34)33-23-12-17(27)13-24-21(23)14-19(35(24)16-26(28,29)30)4-3-9-32-22-6-5-20(37-31)15-25(22)36-2/h5-6,12-15,18,32-33H,7-11,16,31H2,1-2H3. The van der Waals surface area contributed by atoms with Crippen molar-refractivity contribution in [1.82, 2.24) is 9.47 Å². The summed E-state index contributed by atoms with van der Waals surface area (Å²) in [7, 11) is 3.57. The molecular formula is C26H29F4N5OS. The molecule has 11 heteroatoms. The lowest BCUT2D eigenvalue weighted by molar-refractivity contribution is -0.140. The molecule has 37 heavy (non-hydrogen) atoms. The highest BCUT2D eigenvalue weighted by molar-refractivity contribution is 7.97. The summed E-state index contributed by atoms with van der Waals surface area (Å²) in [6, 6.07) is 9.56. The van der Waals surface area contributed by atoms with Crippen LogP contribution in [0.25, 0.3) is 10.9 Å². The normalized spacial score (nSPS) is 14.9. The number of aromatic nitrogens is 1. The molecule has 0 saturated carbocycles. The zero-order chi connectivity index (χ0) is 26.6. The first kappa shape index (κ1) is 27.0. The fraction of sp³-hybridized carbons (Fsp3) is 0.385. The number of alkyl halides is 3. The van der Waals surface area contributed by atoms with E-state index < -0.39 is 18.5 Å². The topological polar surface area (TPSA) is 67.5 Å². The van der Waals surface area contributed by atoms with E-state index in [2.05, 4.69) is 27.4 Å². The molecule has 0 bridgehead atoms. The second-order valence-electron chi connectivity index (χ2n) is 8.97. The second-order valence-corrected chi connectivity index (χ2v) is 9.68. The van der Waals surface area contributed by atoms with Crippen molar-refractivity contribution in [2.45, 2.75) is 36.5 Å². The van der Waals surface area contributed by atoms with E-state index >= 15 is 0 Å². The van der Waals surface area contributed by atoms with Crippen LogP contribution in [0.2, 0.25) is 0 Å². The van der Waals surface area contributed by atoms with Gasteiger partial charge in [-0.2, -0.15) is 13.2 Å². The summed E-state index contributed by atoms with van der Waals surface area (Å²) in [5, 5.41) is 12.6. The van der Waals surface area contributed by atoms with Crippen molar-refractivity contribution in [3.63, 3.8) is 0 Å². The zero-order valence-corrected chi connectivity index (χ0v) is 21.4. The minimum Gasteiger partial charge on any atom is -0.495 e. The Hall–Kier alpha value is -3.07. The molecule has 6 nitrogen and oxygen atoms in total. The Kier molecular flexibility index (Phi) is 8.42. The lowest BCUT2D eigenvalue weighted by Gasteiger charge is -2.30. The van der Waals surface area contributed by atoms with Gasteiger partial charge in [-0.1, -0.05) is 5.92 Å². The number of hydrogen-bond donors (Lipinski definition) is 3. The molecule has 4 N–H and O–H groups in total. The highest BCUT2D eigenvalue weighted by Crippen LogP contribution is 2.32. The Morgan fingerprint density at radius 1 is 1.14 bits per heavy atom. The molecule has 1 fully saturated rings. The molecular weight excluding hydrogens is 506 g/mol. The number of ether oxygens (including phenoxy) is 1. The second kappa shape index (κ2) is 11.5. The summed E-state index contributed by atoms with van der Waals surface area (Å²) >= 11 is 1.09. The highest BCUT2D eigenvalue weighted by Gasteiger charge is 2.30. The first-order chi connectivity index (χ1) is 17.7. The Bertz CT molecular complexity index is 1310. The third kappa shape index (κ3) is 6.83. The number of nitrogens with zero attached hydrogens (tertiary/aromatic N) is 2. The Morgan fingerprint density at radius 2 is 1.89 bits per heavy atom. The van der Waals surface area contributed by atoms with Crippen molar-refractivity contribution in [2.24, 2.45) is 5.14 Å². The van der Waals surface area contributed by atoms with Gasteiger partial charge in [0.15, 0.2) is 0 Å². The number of nitrogens with two attached hydrogens (primary N) is 1. The number of anilines is 2. The molecule has 2 heterocycles. The van der Waals surface area contributed by atoms with E-state index in [0.29, 0.717) is 22.5 Å².